The Morgan fingerprint density at radius 2 is 1.80 bits per heavy atom. The summed E-state index contributed by atoms with van der Waals surface area (Å²) in [5, 5.41) is 0. The van der Waals surface area contributed by atoms with Crippen LogP contribution in [0.15, 0.2) is 48.1 Å². The fraction of sp³-hybridized carbons (Fsp3) is 0.333. The first-order chi connectivity index (χ1) is 7.25. The van der Waals surface area contributed by atoms with E-state index in [4.69, 9.17) is 0 Å². The maximum absolute atomic E-state index is 2.37. The molecule has 0 radical (unpaired) electrons. The third-order valence-electron chi connectivity index (χ3n) is 3.03. The molecule has 2 rings (SSSR count). The summed E-state index contributed by atoms with van der Waals surface area (Å²) in [6, 6.07) is 8.90. The van der Waals surface area contributed by atoms with Crippen molar-refractivity contribution < 1.29 is 0 Å². The van der Waals surface area contributed by atoms with Crippen LogP contribution in [0.5, 0.6) is 0 Å². The monoisotopic (exact) mass is 198 g/mol. The Hall–Kier alpha value is -1.30. The molecule has 0 heterocycles. The summed E-state index contributed by atoms with van der Waals surface area (Å²) in [6.07, 6.45) is 9.26. The summed E-state index contributed by atoms with van der Waals surface area (Å²) < 4.78 is 0. The van der Waals surface area contributed by atoms with Crippen LogP contribution in [0.25, 0.3) is 0 Å². The van der Waals surface area contributed by atoms with Gasteiger partial charge in [-0.05, 0) is 32.3 Å². The quantitative estimate of drug-likeness (QED) is 0.588. The zero-order valence-electron chi connectivity index (χ0n) is 9.53. The van der Waals surface area contributed by atoms with Crippen LogP contribution in [0.3, 0.4) is 0 Å². The first kappa shape index (κ1) is 10.2. The highest BCUT2D eigenvalue weighted by molar-refractivity contribution is 5.29. The molecular weight excluding hydrogens is 180 g/mol. The molecule has 0 saturated heterocycles. The molecule has 0 N–H and O–H groups in total. The van der Waals surface area contributed by atoms with Crippen molar-refractivity contribution in [2.45, 2.75) is 32.6 Å². The van der Waals surface area contributed by atoms with Gasteiger partial charge in [0.15, 0.2) is 0 Å². The summed E-state index contributed by atoms with van der Waals surface area (Å²) >= 11 is 0. The van der Waals surface area contributed by atoms with E-state index in [0.717, 1.165) is 12.8 Å². The molecule has 0 unspecified atom stereocenters. The minimum Gasteiger partial charge on any atom is -0.0844 e. The Bertz CT molecular complexity index is 379. The smallest absolute Gasteiger partial charge is 0.00526 e. The Morgan fingerprint density at radius 3 is 2.53 bits per heavy atom. The molecule has 1 aliphatic carbocycles. The molecule has 1 atom stereocenters. The van der Waals surface area contributed by atoms with Gasteiger partial charge in [-0.3, -0.25) is 0 Å². The normalized spacial score (nSPS) is 20.9. The van der Waals surface area contributed by atoms with Gasteiger partial charge in [0, 0.05) is 5.92 Å². The van der Waals surface area contributed by atoms with Crippen molar-refractivity contribution in [1.82, 2.24) is 0 Å². The third kappa shape index (κ3) is 2.59. The van der Waals surface area contributed by atoms with E-state index in [9.17, 15) is 0 Å². The lowest BCUT2D eigenvalue weighted by atomic mass is 9.95. The van der Waals surface area contributed by atoms with E-state index >= 15 is 0 Å². The molecule has 0 bridgehead atoms. The van der Waals surface area contributed by atoms with Crippen molar-refractivity contribution in [2.24, 2.45) is 0 Å². The third-order valence-corrected chi connectivity index (χ3v) is 3.03. The minimum atomic E-state index is 0.572. The van der Waals surface area contributed by atoms with Crippen molar-refractivity contribution >= 4 is 0 Å². The first-order valence-electron chi connectivity index (χ1n) is 5.64. The van der Waals surface area contributed by atoms with Crippen molar-refractivity contribution in [2.75, 3.05) is 0 Å². The molecule has 0 amide bonds. The van der Waals surface area contributed by atoms with E-state index in [-0.39, 0.29) is 0 Å². The van der Waals surface area contributed by atoms with Crippen LogP contribution < -0.4 is 0 Å². The average molecular weight is 198 g/mol. The SMILES string of the molecule is CC1=CC[C@@H](c2ccc(C)cc2)C=CC1. The molecule has 0 fully saturated rings. The molecule has 0 aromatic heterocycles. The molecule has 1 aromatic carbocycles. The van der Waals surface area contributed by atoms with Crippen LogP contribution in [0, 0.1) is 6.92 Å². The number of aryl methyl sites for hydroxylation is 1. The number of benzene rings is 1. The highest BCUT2D eigenvalue weighted by Crippen LogP contribution is 2.26. The molecule has 15 heavy (non-hydrogen) atoms. The Kier molecular flexibility index (Phi) is 3.05. The largest absolute Gasteiger partial charge is 0.0844 e. The van der Waals surface area contributed by atoms with Crippen molar-refractivity contribution in [3.63, 3.8) is 0 Å². The van der Waals surface area contributed by atoms with Crippen LogP contribution >= 0.6 is 0 Å². The van der Waals surface area contributed by atoms with Crippen molar-refractivity contribution in [1.29, 1.82) is 0 Å². The van der Waals surface area contributed by atoms with E-state index < -0.39 is 0 Å². The van der Waals surface area contributed by atoms with Crippen LogP contribution in [0.4, 0.5) is 0 Å². The van der Waals surface area contributed by atoms with Gasteiger partial charge in [-0.2, -0.15) is 0 Å². The Morgan fingerprint density at radius 1 is 1.07 bits per heavy atom. The molecule has 78 valence electrons. The Labute approximate surface area is 92.3 Å². The van der Waals surface area contributed by atoms with Gasteiger partial charge in [-0.1, -0.05) is 53.6 Å². The van der Waals surface area contributed by atoms with Gasteiger partial charge in [-0.15, -0.1) is 0 Å². The molecule has 0 spiro atoms. The molecule has 0 heteroatoms. The Balaban J connectivity index is 2.20. The van der Waals surface area contributed by atoms with E-state index in [2.05, 4.69) is 56.3 Å². The lowest BCUT2D eigenvalue weighted by Gasteiger charge is -2.10. The molecule has 0 nitrogen and oxygen atoms in total. The minimum absolute atomic E-state index is 0.572. The summed E-state index contributed by atoms with van der Waals surface area (Å²) in [5.41, 5.74) is 4.26. The van der Waals surface area contributed by atoms with Crippen molar-refractivity contribution in [3.8, 4) is 0 Å². The highest BCUT2D eigenvalue weighted by Gasteiger charge is 2.08. The van der Waals surface area contributed by atoms with Crippen LogP contribution in [0.2, 0.25) is 0 Å². The summed E-state index contributed by atoms with van der Waals surface area (Å²) in [4.78, 5) is 0. The number of hydrogen-bond acceptors (Lipinski definition) is 0. The maximum Gasteiger partial charge on any atom is 0.00526 e. The van der Waals surface area contributed by atoms with Crippen LogP contribution in [0.1, 0.15) is 36.8 Å². The van der Waals surface area contributed by atoms with Gasteiger partial charge in [0.1, 0.15) is 0 Å². The summed E-state index contributed by atoms with van der Waals surface area (Å²) in [6.45, 7) is 4.35. The fourth-order valence-corrected chi connectivity index (χ4v) is 1.97. The van der Waals surface area contributed by atoms with E-state index in [0.29, 0.717) is 5.92 Å². The molecular formula is C15H18. The van der Waals surface area contributed by atoms with E-state index in [1.54, 1.807) is 0 Å². The molecule has 1 aliphatic rings. The number of rotatable bonds is 1. The van der Waals surface area contributed by atoms with Crippen LogP contribution in [-0.2, 0) is 0 Å². The van der Waals surface area contributed by atoms with Gasteiger partial charge in [0.2, 0.25) is 0 Å². The van der Waals surface area contributed by atoms with Crippen molar-refractivity contribution in [3.05, 3.63) is 59.2 Å². The fourth-order valence-electron chi connectivity index (χ4n) is 1.97. The molecule has 0 saturated carbocycles. The molecule has 0 aliphatic heterocycles. The van der Waals surface area contributed by atoms with Gasteiger partial charge < -0.3 is 0 Å². The second kappa shape index (κ2) is 4.48. The lowest BCUT2D eigenvalue weighted by Crippen LogP contribution is -1.92. The van der Waals surface area contributed by atoms with Gasteiger partial charge >= 0.3 is 0 Å². The summed E-state index contributed by atoms with van der Waals surface area (Å²) in [7, 11) is 0. The van der Waals surface area contributed by atoms with Gasteiger partial charge in [0.25, 0.3) is 0 Å². The predicted octanol–water partition coefficient (Wildman–Crippen LogP) is 4.37. The van der Waals surface area contributed by atoms with Gasteiger partial charge in [0.05, 0.1) is 0 Å². The van der Waals surface area contributed by atoms with E-state index in [1.165, 1.54) is 16.7 Å². The standard InChI is InChI=1S/C15H18/c1-12-4-3-5-14(9-6-12)15-10-7-13(2)8-11-15/h3,5-8,10-11,14H,4,9H2,1-2H3/t14-/m0/s1. The second-order valence-corrected chi connectivity index (χ2v) is 4.44. The maximum atomic E-state index is 2.37. The molecule has 1 aromatic rings. The van der Waals surface area contributed by atoms with Gasteiger partial charge in [-0.25, -0.2) is 0 Å². The topological polar surface area (TPSA) is 0 Å². The zero-order chi connectivity index (χ0) is 10.7. The van der Waals surface area contributed by atoms with Crippen LogP contribution in [-0.4, -0.2) is 0 Å². The second-order valence-electron chi connectivity index (χ2n) is 4.44. The summed E-state index contributed by atoms with van der Waals surface area (Å²) in [5.74, 6) is 0.572. The number of allylic oxidation sites excluding steroid dienone is 4. The number of hydrogen-bond donors (Lipinski definition) is 0. The van der Waals surface area contributed by atoms with E-state index in [1.807, 2.05) is 0 Å². The predicted molar refractivity (Wildman–Crippen MR) is 66.1 cm³/mol. The highest BCUT2D eigenvalue weighted by atomic mass is 14.1. The lowest BCUT2D eigenvalue weighted by molar-refractivity contribution is 0.864. The average Bonchev–Trinajstić information content (AvgIpc) is 2.44. The zero-order valence-corrected chi connectivity index (χ0v) is 9.53. The first-order valence-corrected chi connectivity index (χ1v) is 5.64.